The molecule has 146 valence electrons. The standard InChI is InChI=1S/C22H34O4/c1-6-24-17-13-21(14-25-17)10-11-22(26-21)15(2)12-16(23)18-19(3,4)8-7-9-20(18,22)5/h12,17-18H,6-11,13-14H2,1-5H3. The van der Waals surface area contributed by atoms with Gasteiger partial charge in [-0.15, -0.1) is 0 Å². The smallest absolute Gasteiger partial charge is 0.160 e. The molecule has 3 fully saturated rings. The summed E-state index contributed by atoms with van der Waals surface area (Å²) >= 11 is 0. The highest BCUT2D eigenvalue weighted by Gasteiger charge is 2.68. The maximum Gasteiger partial charge on any atom is 0.160 e. The number of ether oxygens (including phenoxy) is 3. The lowest BCUT2D eigenvalue weighted by atomic mass is 9.46. The fraction of sp³-hybridized carbons (Fsp3) is 0.864. The number of rotatable bonds is 2. The van der Waals surface area contributed by atoms with Gasteiger partial charge in [-0.1, -0.05) is 27.2 Å². The largest absolute Gasteiger partial charge is 0.361 e. The third-order valence-corrected chi connectivity index (χ3v) is 7.89. The second-order valence-corrected chi connectivity index (χ2v) is 9.93. The van der Waals surface area contributed by atoms with Crippen LogP contribution in [-0.2, 0) is 19.0 Å². The van der Waals surface area contributed by atoms with Crippen molar-refractivity contribution in [3.63, 3.8) is 0 Å². The SMILES string of the molecule is CCOC1CC2(CCC3(O2)C(C)=CC(=O)C2C(C)(C)CCCC23C)CO1. The third kappa shape index (κ3) is 2.41. The van der Waals surface area contributed by atoms with Gasteiger partial charge in [0.2, 0.25) is 0 Å². The number of ketones is 1. The van der Waals surface area contributed by atoms with E-state index >= 15 is 0 Å². The molecule has 0 N–H and O–H groups in total. The Morgan fingerprint density at radius 1 is 1.19 bits per heavy atom. The van der Waals surface area contributed by atoms with Gasteiger partial charge in [0.1, 0.15) is 0 Å². The van der Waals surface area contributed by atoms with Crippen molar-refractivity contribution in [1.29, 1.82) is 0 Å². The van der Waals surface area contributed by atoms with Crippen LogP contribution < -0.4 is 0 Å². The van der Waals surface area contributed by atoms with Crippen LogP contribution in [0.15, 0.2) is 11.6 Å². The van der Waals surface area contributed by atoms with Gasteiger partial charge in [0.25, 0.3) is 0 Å². The van der Waals surface area contributed by atoms with E-state index in [0.29, 0.717) is 19.0 Å². The van der Waals surface area contributed by atoms with Gasteiger partial charge < -0.3 is 14.2 Å². The van der Waals surface area contributed by atoms with Gasteiger partial charge in [-0.25, -0.2) is 0 Å². The molecule has 0 amide bonds. The second-order valence-electron chi connectivity index (χ2n) is 9.93. The van der Waals surface area contributed by atoms with Crippen LogP contribution in [0.2, 0.25) is 0 Å². The van der Waals surface area contributed by atoms with Gasteiger partial charge in [0, 0.05) is 24.4 Å². The summed E-state index contributed by atoms with van der Waals surface area (Å²) in [6.45, 7) is 12.2. The molecular formula is C22H34O4. The molecule has 2 spiro atoms. The number of hydrogen-bond donors (Lipinski definition) is 0. The van der Waals surface area contributed by atoms with Crippen LogP contribution in [0, 0.1) is 16.7 Å². The normalized spacial score (nSPS) is 47.4. The molecular weight excluding hydrogens is 328 g/mol. The molecule has 5 unspecified atom stereocenters. The Morgan fingerprint density at radius 2 is 1.96 bits per heavy atom. The fourth-order valence-corrected chi connectivity index (χ4v) is 6.82. The minimum Gasteiger partial charge on any atom is -0.361 e. The first kappa shape index (κ1) is 18.6. The van der Waals surface area contributed by atoms with Crippen LogP contribution in [0.5, 0.6) is 0 Å². The lowest BCUT2D eigenvalue weighted by Crippen LogP contribution is -2.62. The van der Waals surface area contributed by atoms with E-state index in [2.05, 4.69) is 27.7 Å². The number of hydrogen-bond acceptors (Lipinski definition) is 4. The van der Waals surface area contributed by atoms with Crippen molar-refractivity contribution in [1.82, 2.24) is 0 Å². The van der Waals surface area contributed by atoms with E-state index < -0.39 is 0 Å². The van der Waals surface area contributed by atoms with E-state index in [9.17, 15) is 4.79 Å². The van der Waals surface area contributed by atoms with Crippen molar-refractivity contribution < 1.29 is 19.0 Å². The summed E-state index contributed by atoms with van der Waals surface area (Å²) < 4.78 is 18.6. The number of allylic oxidation sites excluding steroid dienone is 1. The molecule has 1 saturated carbocycles. The van der Waals surface area contributed by atoms with Gasteiger partial charge >= 0.3 is 0 Å². The molecule has 4 rings (SSSR count). The highest BCUT2D eigenvalue weighted by molar-refractivity contribution is 5.95. The second kappa shape index (κ2) is 5.89. The molecule has 4 aliphatic rings. The number of carbonyl (C=O) groups excluding carboxylic acids is 1. The fourth-order valence-electron chi connectivity index (χ4n) is 6.82. The summed E-state index contributed by atoms with van der Waals surface area (Å²) in [7, 11) is 0. The highest BCUT2D eigenvalue weighted by atomic mass is 16.7. The van der Waals surface area contributed by atoms with E-state index in [1.165, 1.54) is 0 Å². The summed E-state index contributed by atoms with van der Waals surface area (Å²) in [6, 6.07) is 0. The maximum absolute atomic E-state index is 13.1. The van der Waals surface area contributed by atoms with Crippen molar-refractivity contribution in [2.24, 2.45) is 16.7 Å². The number of fused-ring (bicyclic) bond motifs is 2. The molecule has 2 heterocycles. The molecule has 26 heavy (non-hydrogen) atoms. The summed E-state index contributed by atoms with van der Waals surface area (Å²) in [6.07, 6.45) is 7.84. The predicted octanol–water partition coefficient (Wildman–Crippen LogP) is 4.42. The first-order valence-electron chi connectivity index (χ1n) is 10.3. The number of carbonyl (C=O) groups is 1. The highest BCUT2D eigenvalue weighted by Crippen LogP contribution is 2.66. The Morgan fingerprint density at radius 3 is 2.69 bits per heavy atom. The molecule has 0 bridgehead atoms. The van der Waals surface area contributed by atoms with Crippen molar-refractivity contribution in [2.75, 3.05) is 13.2 Å². The van der Waals surface area contributed by atoms with Crippen LogP contribution >= 0.6 is 0 Å². The lowest BCUT2D eigenvalue weighted by Gasteiger charge is -2.60. The van der Waals surface area contributed by atoms with Gasteiger partial charge in [-0.05, 0) is 56.6 Å². The molecule has 0 aromatic carbocycles. The average molecular weight is 363 g/mol. The van der Waals surface area contributed by atoms with Crippen LogP contribution in [0.4, 0.5) is 0 Å². The van der Waals surface area contributed by atoms with Crippen LogP contribution in [-0.4, -0.2) is 36.5 Å². The van der Waals surface area contributed by atoms with Crippen molar-refractivity contribution in [2.45, 2.75) is 90.6 Å². The third-order valence-electron chi connectivity index (χ3n) is 7.89. The molecule has 2 saturated heterocycles. The first-order chi connectivity index (χ1) is 12.2. The quantitative estimate of drug-likeness (QED) is 0.729. The van der Waals surface area contributed by atoms with Gasteiger partial charge in [-0.3, -0.25) is 4.79 Å². The van der Waals surface area contributed by atoms with E-state index in [-0.39, 0.29) is 34.2 Å². The zero-order valence-electron chi connectivity index (χ0n) is 17.0. The molecule has 0 aromatic heterocycles. The molecule has 4 heteroatoms. The van der Waals surface area contributed by atoms with E-state index in [1.807, 2.05) is 13.0 Å². The Bertz CT molecular complexity index is 638. The average Bonchev–Trinajstić information content (AvgIpc) is 3.11. The lowest BCUT2D eigenvalue weighted by molar-refractivity contribution is -0.193. The summed E-state index contributed by atoms with van der Waals surface area (Å²) in [5, 5.41) is 0. The van der Waals surface area contributed by atoms with Gasteiger partial charge in [0.15, 0.2) is 12.1 Å². The minimum absolute atomic E-state index is 0.0213. The van der Waals surface area contributed by atoms with E-state index in [0.717, 1.165) is 44.1 Å². The Labute approximate surface area is 157 Å². The van der Waals surface area contributed by atoms with E-state index in [1.54, 1.807) is 0 Å². The predicted molar refractivity (Wildman–Crippen MR) is 99.8 cm³/mol. The minimum atomic E-state index is -0.340. The summed E-state index contributed by atoms with van der Waals surface area (Å²) in [4.78, 5) is 13.1. The van der Waals surface area contributed by atoms with Gasteiger partial charge in [0.05, 0.1) is 17.8 Å². The molecule has 4 nitrogen and oxygen atoms in total. The summed E-state index contributed by atoms with van der Waals surface area (Å²) in [5.41, 5.74) is 0.402. The molecule has 0 aromatic rings. The Kier molecular flexibility index (Phi) is 4.22. The Hall–Kier alpha value is -0.710. The van der Waals surface area contributed by atoms with Crippen LogP contribution in [0.1, 0.15) is 73.1 Å². The topological polar surface area (TPSA) is 44.8 Å². The van der Waals surface area contributed by atoms with Gasteiger partial charge in [-0.2, -0.15) is 0 Å². The zero-order chi connectivity index (χ0) is 18.8. The zero-order valence-corrected chi connectivity index (χ0v) is 17.0. The van der Waals surface area contributed by atoms with Crippen molar-refractivity contribution in [3.8, 4) is 0 Å². The van der Waals surface area contributed by atoms with E-state index in [4.69, 9.17) is 14.2 Å². The molecule has 5 atom stereocenters. The molecule has 2 aliphatic heterocycles. The Balaban J connectivity index is 1.71. The van der Waals surface area contributed by atoms with Crippen molar-refractivity contribution >= 4 is 5.78 Å². The van der Waals surface area contributed by atoms with Crippen LogP contribution in [0.25, 0.3) is 0 Å². The first-order valence-corrected chi connectivity index (χ1v) is 10.3. The van der Waals surface area contributed by atoms with Crippen molar-refractivity contribution in [3.05, 3.63) is 11.6 Å². The molecule has 2 aliphatic carbocycles. The monoisotopic (exact) mass is 362 g/mol. The maximum atomic E-state index is 13.1. The summed E-state index contributed by atoms with van der Waals surface area (Å²) in [5.74, 6) is 0.340. The van der Waals surface area contributed by atoms with Crippen LogP contribution in [0.3, 0.4) is 0 Å². The molecule has 0 radical (unpaired) electrons.